The van der Waals surface area contributed by atoms with Crippen LogP contribution in [0.15, 0.2) is 58.4 Å². The highest BCUT2D eigenvalue weighted by Crippen LogP contribution is 2.14. The van der Waals surface area contributed by atoms with Crippen molar-refractivity contribution >= 4 is 22.4 Å². The highest BCUT2D eigenvalue weighted by Gasteiger charge is 2.12. The summed E-state index contributed by atoms with van der Waals surface area (Å²) in [7, 11) is 0. The molecule has 3 heterocycles. The molecule has 0 atom stereocenters. The summed E-state index contributed by atoms with van der Waals surface area (Å²) >= 11 is 1.14. The quantitative estimate of drug-likeness (QED) is 0.486. The lowest BCUT2D eigenvalue weighted by Crippen LogP contribution is -2.28. The van der Waals surface area contributed by atoms with Gasteiger partial charge in [-0.15, -0.1) is 0 Å². The summed E-state index contributed by atoms with van der Waals surface area (Å²) in [5.74, 6) is 0.782. The number of aromatic nitrogens is 4. The maximum Gasteiger partial charge on any atom is 0.296 e. The SMILES string of the molecule is CCCOc1ccc(Cc2nn3c(=O)/c(=C\c4ccncc4)sc3nc2=O)cc1. The van der Waals surface area contributed by atoms with Gasteiger partial charge in [0.15, 0.2) is 0 Å². The molecule has 146 valence electrons. The molecule has 0 N–H and O–H groups in total. The molecule has 0 bridgehead atoms. The van der Waals surface area contributed by atoms with Crippen LogP contribution in [0.1, 0.15) is 30.2 Å². The predicted molar refractivity (Wildman–Crippen MR) is 111 cm³/mol. The van der Waals surface area contributed by atoms with Crippen LogP contribution in [0.4, 0.5) is 0 Å². The van der Waals surface area contributed by atoms with Crippen molar-refractivity contribution < 1.29 is 4.74 Å². The first kappa shape index (κ1) is 18.9. The second kappa shape index (κ2) is 8.32. The fourth-order valence-corrected chi connectivity index (χ4v) is 3.68. The predicted octanol–water partition coefficient (Wildman–Crippen LogP) is 1.83. The molecule has 0 aliphatic carbocycles. The molecule has 7 nitrogen and oxygen atoms in total. The van der Waals surface area contributed by atoms with Gasteiger partial charge in [0.2, 0.25) is 4.96 Å². The largest absolute Gasteiger partial charge is 0.494 e. The van der Waals surface area contributed by atoms with Gasteiger partial charge in [-0.3, -0.25) is 14.6 Å². The minimum absolute atomic E-state index is 0.232. The van der Waals surface area contributed by atoms with Crippen molar-refractivity contribution in [3.63, 3.8) is 0 Å². The molecule has 8 heteroatoms. The van der Waals surface area contributed by atoms with Crippen LogP contribution in [0.2, 0.25) is 0 Å². The maximum absolute atomic E-state index is 12.7. The lowest BCUT2D eigenvalue weighted by molar-refractivity contribution is 0.317. The number of hydrogen-bond donors (Lipinski definition) is 0. The summed E-state index contributed by atoms with van der Waals surface area (Å²) in [6.45, 7) is 2.71. The summed E-state index contributed by atoms with van der Waals surface area (Å²) in [4.78, 5) is 33.4. The monoisotopic (exact) mass is 406 g/mol. The van der Waals surface area contributed by atoms with Crippen LogP contribution in [-0.2, 0) is 6.42 Å². The van der Waals surface area contributed by atoms with Gasteiger partial charge in [0.25, 0.3) is 11.1 Å². The Balaban J connectivity index is 1.67. The Morgan fingerprint density at radius 2 is 1.86 bits per heavy atom. The molecule has 0 aliphatic rings. The van der Waals surface area contributed by atoms with Gasteiger partial charge in [0.1, 0.15) is 11.4 Å². The molecule has 1 aromatic carbocycles. The third-order valence-electron chi connectivity index (χ3n) is 4.22. The Morgan fingerprint density at radius 1 is 1.10 bits per heavy atom. The summed E-state index contributed by atoms with van der Waals surface area (Å²) in [5.41, 5.74) is 1.26. The van der Waals surface area contributed by atoms with E-state index in [2.05, 4.69) is 15.1 Å². The molecule has 4 rings (SSSR count). The van der Waals surface area contributed by atoms with E-state index >= 15 is 0 Å². The molecule has 4 aromatic rings. The van der Waals surface area contributed by atoms with E-state index in [1.807, 2.05) is 31.2 Å². The van der Waals surface area contributed by atoms with Crippen LogP contribution >= 0.6 is 11.3 Å². The van der Waals surface area contributed by atoms with Crippen LogP contribution in [0, 0.1) is 0 Å². The minimum Gasteiger partial charge on any atom is -0.494 e. The zero-order valence-electron chi connectivity index (χ0n) is 15.7. The van der Waals surface area contributed by atoms with Gasteiger partial charge in [-0.05, 0) is 47.9 Å². The highest BCUT2D eigenvalue weighted by atomic mass is 32.1. The Labute approximate surface area is 170 Å². The normalized spacial score (nSPS) is 11.8. The Morgan fingerprint density at radius 3 is 2.59 bits per heavy atom. The van der Waals surface area contributed by atoms with E-state index in [4.69, 9.17) is 4.74 Å². The van der Waals surface area contributed by atoms with Crippen LogP contribution in [0.3, 0.4) is 0 Å². The lowest BCUT2D eigenvalue weighted by atomic mass is 10.1. The van der Waals surface area contributed by atoms with Gasteiger partial charge >= 0.3 is 0 Å². The third-order valence-corrected chi connectivity index (χ3v) is 5.18. The van der Waals surface area contributed by atoms with Crippen molar-refractivity contribution in [2.24, 2.45) is 0 Å². The minimum atomic E-state index is -0.423. The van der Waals surface area contributed by atoms with E-state index in [9.17, 15) is 9.59 Å². The summed E-state index contributed by atoms with van der Waals surface area (Å²) in [5, 5.41) is 4.28. The maximum atomic E-state index is 12.7. The van der Waals surface area contributed by atoms with Gasteiger partial charge in [-0.2, -0.15) is 14.6 Å². The molecular formula is C21H18N4O3S. The van der Waals surface area contributed by atoms with Gasteiger partial charge in [-0.1, -0.05) is 30.4 Å². The number of benzene rings is 1. The first-order chi connectivity index (χ1) is 14.1. The lowest BCUT2D eigenvalue weighted by Gasteiger charge is -2.05. The molecule has 0 spiro atoms. The number of thiazole rings is 1. The topological polar surface area (TPSA) is 86.4 Å². The first-order valence-corrected chi connectivity index (χ1v) is 10.0. The summed E-state index contributed by atoms with van der Waals surface area (Å²) in [6.07, 6.45) is 6.28. The van der Waals surface area contributed by atoms with Crippen molar-refractivity contribution in [2.75, 3.05) is 6.61 Å². The fourth-order valence-electron chi connectivity index (χ4n) is 2.78. The van der Waals surface area contributed by atoms with E-state index in [0.717, 1.165) is 34.6 Å². The van der Waals surface area contributed by atoms with Crippen molar-refractivity contribution in [1.29, 1.82) is 0 Å². The Bertz CT molecular complexity index is 1300. The van der Waals surface area contributed by atoms with Crippen LogP contribution in [-0.4, -0.2) is 26.2 Å². The van der Waals surface area contributed by atoms with Crippen molar-refractivity contribution in [3.8, 4) is 5.75 Å². The average molecular weight is 406 g/mol. The van der Waals surface area contributed by atoms with Crippen molar-refractivity contribution in [2.45, 2.75) is 19.8 Å². The summed E-state index contributed by atoms with van der Waals surface area (Å²) in [6, 6.07) is 11.1. The van der Waals surface area contributed by atoms with Crippen LogP contribution in [0.25, 0.3) is 11.0 Å². The van der Waals surface area contributed by atoms with Crippen molar-refractivity contribution in [1.82, 2.24) is 19.6 Å². The molecular weight excluding hydrogens is 388 g/mol. The van der Waals surface area contributed by atoms with Crippen LogP contribution < -0.4 is 20.4 Å². The molecule has 3 aromatic heterocycles. The number of hydrogen-bond acceptors (Lipinski definition) is 7. The number of rotatable bonds is 6. The molecule has 29 heavy (non-hydrogen) atoms. The molecule has 0 unspecified atom stereocenters. The third kappa shape index (κ3) is 4.22. The Kier molecular flexibility index (Phi) is 5.44. The van der Waals surface area contributed by atoms with Crippen molar-refractivity contribution in [3.05, 3.63) is 90.9 Å². The van der Waals surface area contributed by atoms with E-state index in [0.29, 0.717) is 17.6 Å². The van der Waals surface area contributed by atoms with E-state index in [-0.39, 0.29) is 16.2 Å². The van der Waals surface area contributed by atoms with Gasteiger partial charge in [0, 0.05) is 18.8 Å². The van der Waals surface area contributed by atoms with E-state index in [1.165, 1.54) is 4.52 Å². The second-order valence-corrected chi connectivity index (χ2v) is 7.43. The molecule has 0 saturated carbocycles. The van der Waals surface area contributed by atoms with Gasteiger partial charge in [-0.25, -0.2) is 0 Å². The van der Waals surface area contributed by atoms with E-state index < -0.39 is 5.56 Å². The molecule has 0 amide bonds. The molecule has 0 aliphatic heterocycles. The number of fused-ring (bicyclic) bond motifs is 1. The molecule has 0 saturated heterocycles. The first-order valence-electron chi connectivity index (χ1n) is 9.20. The zero-order valence-corrected chi connectivity index (χ0v) is 16.6. The van der Waals surface area contributed by atoms with Gasteiger partial charge in [0.05, 0.1) is 11.1 Å². The average Bonchev–Trinajstić information content (AvgIpc) is 3.03. The number of ether oxygens (including phenoxy) is 1. The number of nitrogens with zero attached hydrogens (tertiary/aromatic N) is 4. The van der Waals surface area contributed by atoms with Gasteiger partial charge < -0.3 is 4.74 Å². The second-order valence-electron chi connectivity index (χ2n) is 6.42. The molecule has 0 fully saturated rings. The van der Waals surface area contributed by atoms with Crippen LogP contribution in [0.5, 0.6) is 5.75 Å². The fraction of sp³-hybridized carbons (Fsp3) is 0.190. The summed E-state index contributed by atoms with van der Waals surface area (Å²) < 4.78 is 7.23. The number of pyridine rings is 1. The smallest absolute Gasteiger partial charge is 0.296 e. The standard InChI is InChI=1S/C21H18N4O3S/c1-2-11-28-16-5-3-14(4-6-16)12-17-19(26)23-21-25(24-17)20(27)18(29-21)13-15-7-9-22-10-8-15/h3-10,13H,2,11-12H2,1H3/b18-13+. The highest BCUT2D eigenvalue weighted by molar-refractivity contribution is 7.15. The van der Waals surface area contributed by atoms with E-state index in [1.54, 1.807) is 30.6 Å². The Hall–Kier alpha value is -3.39. The zero-order chi connectivity index (χ0) is 20.2. The molecule has 0 radical (unpaired) electrons.